The summed E-state index contributed by atoms with van der Waals surface area (Å²) in [7, 11) is 0. The smallest absolute Gasteiger partial charge is 0.339 e. The van der Waals surface area contributed by atoms with Crippen molar-refractivity contribution in [2.45, 2.75) is 38.0 Å². The zero-order valence-electron chi connectivity index (χ0n) is 17.1. The molecule has 3 aromatic rings. The molecule has 1 heterocycles. The number of benzene rings is 2. The lowest BCUT2D eigenvalue weighted by Crippen LogP contribution is -2.08. The van der Waals surface area contributed by atoms with Crippen molar-refractivity contribution in [1.82, 2.24) is 4.98 Å². The molecule has 0 bridgehead atoms. The van der Waals surface area contributed by atoms with Crippen LogP contribution in [0.4, 0.5) is 0 Å². The first-order chi connectivity index (χ1) is 14.5. The molecule has 0 saturated carbocycles. The Bertz CT molecular complexity index is 1050. The summed E-state index contributed by atoms with van der Waals surface area (Å²) in [5.41, 5.74) is 2.73. The number of nitrogens with zero attached hydrogens (tertiary/aromatic N) is 1. The quantitative estimate of drug-likeness (QED) is 0.241. The number of esters is 1. The van der Waals surface area contributed by atoms with Crippen molar-refractivity contribution < 1.29 is 19.1 Å². The van der Waals surface area contributed by atoms with Crippen LogP contribution in [0.3, 0.4) is 0 Å². The minimum absolute atomic E-state index is 0.0273. The Hall–Kier alpha value is -2.64. The Labute approximate surface area is 184 Å². The van der Waals surface area contributed by atoms with Crippen molar-refractivity contribution in [3.63, 3.8) is 0 Å². The summed E-state index contributed by atoms with van der Waals surface area (Å²) in [5, 5.41) is 3.05. The van der Waals surface area contributed by atoms with Gasteiger partial charge in [0, 0.05) is 27.2 Å². The fourth-order valence-electron chi connectivity index (χ4n) is 2.82. The number of ether oxygens (including phenoxy) is 2. The Balaban J connectivity index is 1.72. The van der Waals surface area contributed by atoms with E-state index in [0.29, 0.717) is 34.8 Å². The van der Waals surface area contributed by atoms with Gasteiger partial charge in [-0.2, -0.15) is 0 Å². The highest BCUT2D eigenvalue weighted by atomic mass is 32.2. The molecule has 0 fully saturated rings. The molecule has 0 aliphatic rings. The molecule has 0 saturated heterocycles. The minimum Gasteiger partial charge on any atom is -0.493 e. The molecule has 0 amide bonds. The van der Waals surface area contributed by atoms with E-state index in [1.54, 1.807) is 47.4 Å². The molecule has 0 spiro atoms. The average Bonchev–Trinajstić information content (AvgIpc) is 3.16. The van der Waals surface area contributed by atoms with Gasteiger partial charge >= 0.3 is 5.97 Å². The number of Topliss-reactive ketones (excluding diaryl/α,β-unsaturated/α-hetero) is 1. The van der Waals surface area contributed by atoms with E-state index in [2.05, 4.69) is 4.98 Å². The molecule has 7 heteroatoms. The first-order valence-electron chi connectivity index (χ1n) is 9.54. The third-order valence-corrected chi connectivity index (χ3v) is 6.20. The predicted molar refractivity (Wildman–Crippen MR) is 120 cm³/mol. The average molecular weight is 442 g/mol. The molecular weight excluding hydrogens is 418 g/mol. The summed E-state index contributed by atoms with van der Waals surface area (Å²) in [4.78, 5) is 29.8. The van der Waals surface area contributed by atoms with Crippen LogP contribution in [0.25, 0.3) is 0 Å². The number of hydrogen-bond acceptors (Lipinski definition) is 7. The van der Waals surface area contributed by atoms with Crippen molar-refractivity contribution in [3.8, 4) is 5.75 Å². The molecule has 0 atom stereocenters. The van der Waals surface area contributed by atoms with Gasteiger partial charge in [-0.15, -0.1) is 23.1 Å². The summed E-state index contributed by atoms with van der Waals surface area (Å²) >= 11 is 3.17. The van der Waals surface area contributed by atoms with Crippen LogP contribution < -0.4 is 4.74 Å². The third kappa shape index (κ3) is 5.70. The summed E-state index contributed by atoms with van der Waals surface area (Å²) in [6, 6.07) is 12.5. The van der Waals surface area contributed by atoms with Crippen LogP contribution in [-0.2, 0) is 17.1 Å². The fraction of sp³-hybridized carbons (Fsp3) is 0.261. The molecule has 2 aromatic carbocycles. The number of carbonyl (C=O) groups excluding carboxylic acids is 2. The van der Waals surface area contributed by atoms with Crippen LogP contribution in [-0.4, -0.2) is 23.3 Å². The van der Waals surface area contributed by atoms with E-state index in [1.165, 1.54) is 6.92 Å². The zero-order chi connectivity index (χ0) is 21.5. The summed E-state index contributed by atoms with van der Waals surface area (Å²) in [5.74, 6) is 0.828. The van der Waals surface area contributed by atoms with Crippen molar-refractivity contribution in [2.75, 3.05) is 6.61 Å². The van der Waals surface area contributed by atoms with E-state index in [-0.39, 0.29) is 12.4 Å². The second kappa shape index (κ2) is 10.4. The number of aryl methyl sites for hydroxylation is 1. The van der Waals surface area contributed by atoms with Crippen molar-refractivity contribution in [3.05, 3.63) is 75.2 Å². The molecule has 5 nitrogen and oxygen atoms in total. The first-order valence-corrected chi connectivity index (χ1v) is 11.4. The number of rotatable bonds is 9. The van der Waals surface area contributed by atoms with Gasteiger partial charge in [0.15, 0.2) is 5.78 Å². The lowest BCUT2D eigenvalue weighted by Gasteiger charge is -2.13. The second-order valence-electron chi connectivity index (χ2n) is 6.53. The Morgan fingerprint density at radius 3 is 2.67 bits per heavy atom. The van der Waals surface area contributed by atoms with Gasteiger partial charge in [-0.05, 0) is 51.1 Å². The maximum Gasteiger partial charge on any atom is 0.339 e. The van der Waals surface area contributed by atoms with Crippen molar-refractivity contribution in [2.24, 2.45) is 0 Å². The molecule has 30 heavy (non-hydrogen) atoms. The van der Waals surface area contributed by atoms with Gasteiger partial charge in [0.1, 0.15) is 12.4 Å². The van der Waals surface area contributed by atoms with Crippen LogP contribution in [0.1, 0.15) is 50.8 Å². The number of thiazole rings is 1. The monoisotopic (exact) mass is 441 g/mol. The van der Waals surface area contributed by atoms with E-state index in [9.17, 15) is 9.59 Å². The molecule has 0 aliphatic heterocycles. The van der Waals surface area contributed by atoms with Crippen molar-refractivity contribution in [1.29, 1.82) is 0 Å². The maximum atomic E-state index is 12.8. The number of aromatic nitrogens is 1. The van der Waals surface area contributed by atoms with Gasteiger partial charge in [0.2, 0.25) is 0 Å². The molecule has 0 radical (unpaired) electrons. The zero-order valence-corrected chi connectivity index (χ0v) is 18.8. The molecule has 0 N–H and O–H groups in total. The van der Waals surface area contributed by atoms with Crippen LogP contribution in [0.2, 0.25) is 0 Å². The lowest BCUT2D eigenvalue weighted by atomic mass is 10.1. The minimum atomic E-state index is -0.414. The Kier molecular flexibility index (Phi) is 7.65. The van der Waals surface area contributed by atoms with E-state index >= 15 is 0 Å². The number of hydrogen-bond donors (Lipinski definition) is 0. The van der Waals surface area contributed by atoms with Crippen LogP contribution in [0, 0.1) is 6.92 Å². The van der Waals surface area contributed by atoms with Gasteiger partial charge in [-0.1, -0.05) is 12.1 Å². The topological polar surface area (TPSA) is 65.5 Å². The molecular formula is C23H23NO4S2. The standard InChI is InChI=1S/C23H23NO4S2/c1-4-27-21-10-9-17(15(2)25)11-18(21)12-28-23(26)20-7-5-6-8-22(20)30-14-19-13-29-16(3)24-19/h5-11,13H,4,12,14H2,1-3H3. The molecule has 0 aliphatic carbocycles. The van der Waals surface area contributed by atoms with Gasteiger partial charge in [-0.25, -0.2) is 9.78 Å². The summed E-state index contributed by atoms with van der Waals surface area (Å²) < 4.78 is 11.2. The Morgan fingerprint density at radius 2 is 1.97 bits per heavy atom. The number of thioether (sulfide) groups is 1. The third-order valence-electron chi connectivity index (χ3n) is 4.27. The van der Waals surface area contributed by atoms with Gasteiger partial charge in [-0.3, -0.25) is 4.79 Å². The van der Waals surface area contributed by atoms with E-state index in [1.807, 2.05) is 37.4 Å². The van der Waals surface area contributed by atoms with Gasteiger partial charge < -0.3 is 9.47 Å². The highest BCUT2D eigenvalue weighted by molar-refractivity contribution is 7.98. The molecule has 1 aromatic heterocycles. The van der Waals surface area contributed by atoms with Crippen LogP contribution >= 0.6 is 23.1 Å². The van der Waals surface area contributed by atoms with Gasteiger partial charge in [0.25, 0.3) is 0 Å². The Morgan fingerprint density at radius 1 is 1.17 bits per heavy atom. The van der Waals surface area contributed by atoms with E-state index in [4.69, 9.17) is 9.47 Å². The van der Waals surface area contributed by atoms with Crippen molar-refractivity contribution >= 4 is 34.9 Å². The number of carbonyl (C=O) groups is 2. The second-order valence-corrected chi connectivity index (χ2v) is 8.61. The van der Waals surface area contributed by atoms with E-state index in [0.717, 1.165) is 15.6 Å². The highest BCUT2D eigenvalue weighted by Crippen LogP contribution is 2.28. The molecule has 0 unspecified atom stereocenters. The molecule has 3 rings (SSSR count). The summed E-state index contributed by atoms with van der Waals surface area (Å²) in [6.07, 6.45) is 0. The largest absolute Gasteiger partial charge is 0.493 e. The normalized spacial score (nSPS) is 10.6. The van der Waals surface area contributed by atoms with Gasteiger partial charge in [0.05, 0.1) is 22.9 Å². The maximum absolute atomic E-state index is 12.8. The number of ketones is 1. The predicted octanol–water partition coefficient (Wildman–Crippen LogP) is 5.70. The first kappa shape index (κ1) is 22.1. The summed E-state index contributed by atoms with van der Waals surface area (Å²) in [6.45, 7) is 5.87. The lowest BCUT2D eigenvalue weighted by molar-refractivity contribution is 0.0465. The molecule has 156 valence electrons. The van der Waals surface area contributed by atoms with Crippen LogP contribution in [0.5, 0.6) is 5.75 Å². The fourth-order valence-corrected chi connectivity index (χ4v) is 4.47. The van der Waals surface area contributed by atoms with Crippen LogP contribution in [0.15, 0.2) is 52.7 Å². The highest BCUT2D eigenvalue weighted by Gasteiger charge is 2.16. The SMILES string of the molecule is CCOc1ccc(C(C)=O)cc1COC(=O)c1ccccc1SCc1csc(C)n1. The van der Waals surface area contributed by atoms with E-state index < -0.39 is 5.97 Å².